The van der Waals surface area contributed by atoms with E-state index >= 15 is 0 Å². The van der Waals surface area contributed by atoms with Crippen molar-refractivity contribution in [1.82, 2.24) is 0 Å². The van der Waals surface area contributed by atoms with Crippen molar-refractivity contribution in [2.24, 2.45) is 0 Å². The zero-order valence-electron chi connectivity index (χ0n) is 27.4. The van der Waals surface area contributed by atoms with Gasteiger partial charge in [-0.05, 0) is 42.0 Å². The quantitative estimate of drug-likeness (QED) is 0.0585. The van der Waals surface area contributed by atoms with Crippen molar-refractivity contribution < 1.29 is 89.4 Å². The molecule has 2 fully saturated rings. The van der Waals surface area contributed by atoms with E-state index in [1.807, 2.05) is 0 Å². The van der Waals surface area contributed by atoms with Crippen LogP contribution in [0.25, 0.3) is 12.2 Å². The molecule has 0 saturated carbocycles. The van der Waals surface area contributed by atoms with Gasteiger partial charge in [-0.25, -0.2) is 4.79 Å². The van der Waals surface area contributed by atoms with Crippen molar-refractivity contribution in [2.75, 3.05) is 13.2 Å². The number of hydrogen-bond acceptors (Lipinski definition) is 17. The van der Waals surface area contributed by atoms with E-state index < -0.39 is 104 Å². The lowest BCUT2D eigenvalue weighted by molar-refractivity contribution is -0.353. The number of aromatic hydroxyl groups is 7. The zero-order valence-corrected chi connectivity index (χ0v) is 27.4. The van der Waals surface area contributed by atoms with Crippen LogP contribution in [0.3, 0.4) is 0 Å². The van der Waals surface area contributed by atoms with Gasteiger partial charge in [-0.2, -0.15) is 0 Å². The maximum absolute atomic E-state index is 12.6. The monoisotopic (exact) mass is 745 g/mol. The van der Waals surface area contributed by atoms with Crippen LogP contribution in [0.2, 0.25) is 0 Å². The fraction of sp³-hybridized carbons (Fsp3) is 0.343. The minimum absolute atomic E-state index is 0.0771. The summed E-state index contributed by atoms with van der Waals surface area (Å²) in [6.45, 7) is -1.14. The molecule has 1 unspecified atom stereocenters. The number of ether oxygens (including phenoxy) is 6. The highest BCUT2D eigenvalue weighted by atomic mass is 16.8. The first kappa shape index (κ1) is 37.4. The predicted octanol–water partition coefficient (Wildman–Crippen LogP) is -0.199. The summed E-state index contributed by atoms with van der Waals surface area (Å²) in [6, 6.07) is 9.87. The predicted molar refractivity (Wildman–Crippen MR) is 176 cm³/mol. The number of aliphatic hydroxyl groups excluding tert-OH is 5. The van der Waals surface area contributed by atoms with Crippen molar-refractivity contribution in [3.63, 3.8) is 0 Å². The summed E-state index contributed by atoms with van der Waals surface area (Å²) in [7, 11) is 0. The molecule has 0 radical (unpaired) electrons. The van der Waals surface area contributed by atoms with Crippen molar-refractivity contribution in [1.29, 1.82) is 0 Å². The third-order valence-electron chi connectivity index (χ3n) is 8.70. The number of hydrogen-bond donors (Lipinski definition) is 11. The lowest BCUT2D eigenvalue weighted by Gasteiger charge is -2.45. The largest absolute Gasteiger partial charge is 0.571 e. The number of phenolic OH excluding ortho intramolecular Hbond substituents is 6. The Morgan fingerprint density at radius 2 is 1.51 bits per heavy atom. The number of carbonyl (C=O) groups is 1. The van der Waals surface area contributed by atoms with Crippen LogP contribution < -0.4 is 0 Å². The van der Waals surface area contributed by atoms with Crippen LogP contribution in [-0.4, -0.2) is 135 Å². The summed E-state index contributed by atoms with van der Waals surface area (Å²) in [4.78, 5) is 12.6. The minimum atomic E-state index is -1.91. The van der Waals surface area contributed by atoms with Crippen LogP contribution in [0.4, 0.5) is 0 Å². The Morgan fingerprint density at radius 1 is 0.792 bits per heavy atom. The molecular formula is C35H37O18+. The van der Waals surface area contributed by atoms with Crippen molar-refractivity contribution in [2.45, 2.75) is 61.4 Å². The van der Waals surface area contributed by atoms with Crippen LogP contribution >= 0.6 is 0 Å². The molecule has 18 heteroatoms. The van der Waals surface area contributed by atoms with E-state index in [9.17, 15) is 61.0 Å². The molecule has 0 bridgehead atoms. The summed E-state index contributed by atoms with van der Waals surface area (Å²) < 4.78 is 33.1. The van der Waals surface area contributed by atoms with E-state index in [-0.39, 0.29) is 34.1 Å². The third-order valence-corrected chi connectivity index (χ3v) is 8.70. The summed E-state index contributed by atoms with van der Waals surface area (Å²) in [5.74, 6) is -3.42. The summed E-state index contributed by atoms with van der Waals surface area (Å²) >= 11 is 0. The number of carbonyl (C=O) groups excluding carboxylic acids is 1. The molecule has 12 N–H and O–H groups in total. The highest BCUT2D eigenvalue weighted by Crippen LogP contribution is 2.46. The maximum Gasteiger partial charge on any atom is 0.330 e. The first-order chi connectivity index (χ1) is 25.2. The molecule has 0 aromatic heterocycles. The zero-order chi connectivity index (χ0) is 38.1. The molecule has 10 atom stereocenters. The molecule has 53 heavy (non-hydrogen) atoms. The van der Waals surface area contributed by atoms with Crippen LogP contribution in [0.5, 0.6) is 40.2 Å². The number of benzene rings is 3. The molecule has 6 rings (SSSR count). The highest BCUT2D eigenvalue weighted by Gasteiger charge is 2.51. The second-order valence-electron chi connectivity index (χ2n) is 12.4. The van der Waals surface area contributed by atoms with Gasteiger partial charge in [0, 0.05) is 18.2 Å². The molecule has 3 aliphatic rings. The molecule has 18 nitrogen and oxygen atoms in total. The van der Waals surface area contributed by atoms with Gasteiger partial charge in [0.2, 0.25) is 6.29 Å². The van der Waals surface area contributed by atoms with Crippen LogP contribution in [0.15, 0.2) is 60.4 Å². The highest BCUT2D eigenvalue weighted by molar-refractivity contribution is 5.87. The average molecular weight is 746 g/mol. The number of esters is 1. The second-order valence-corrected chi connectivity index (χ2v) is 12.4. The van der Waals surface area contributed by atoms with Gasteiger partial charge in [0.1, 0.15) is 60.3 Å². The molecule has 3 heterocycles. The fourth-order valence-corrected chi connectivity index (χ4v) is 5.83. The molecule has 0 spiro atoms. The van der Waals surface area contributed by atoms with E-state index in [2.05, 4.69) is 4.74 Å². The molecular weight excluding hydrogens is 708 g/mol. The Labute approximate surface area is 299 Å². The molecule has 0 amide bonds. The lowest BCUT2D eigenvalue weighted by Crippen LogP contribution is -2.63. The molecule has 3 aliphatic heterocycles. The van der Waals surface area contributed by atoms with Gasteiger partial charge in [-0.3, -0.25) is 0 Å². The van der Waals surface area contributed by atoms with Crippen LogP contribution in [0, 0.1) is 0 Å². The van der Waals surface area contributed by atoms with E-state index in [1.165, 1.54) is 54.6 Å². The average Bonchev–Trinajstić information content (AvgIpc) is 3.12. The Morgan fingerprint density at radius 3 is 2.23 bits per heavy atom. The number of fused-ring (bicyclic) bond motifs is 1. The molecule has 0 aliphatic carbocycles. The number of aliphatic hydroxyl groups is 6. The second kappa shape index (κ2) is 15.3. The smallest absolute Gasteiger partial charge is 0.330 e. The topological polar surface area (TPSA) is 299 Å². The Bertz CT molecular complexity index is 1880. The third kappa shape index (κ3) is 8.04. The van der Waals surface area contributed by atoms with Crippen molar-refractivity contribution in [3.05, 3.63) is 77.1 Å². The summed E-state index contributed by atoms with van der Waals surface area (Å²) in [6.07, 6.45) is -13.0. The molecule has 3 aromatic rings. The summed E-state index contributed by atoms with van der Waals surface area (Å²) in [5.41, 5.74) is 0.648. The fourth-order valence-electron chi connectivity index (χ4n) is 5.83. The molecule has 284 valence electrons. The SMILES string of the molecule is O=C(/C=C/c1ccc(O)c(O)c1)OC[C@H]1O[C@@H](OC2=Cc3c(O)cc(O)cc3[OH+]C2c2ccc(O)c(O)c2)[C@H](O[C@@H]2OC[C@@H](O)[C@H](O)[C@H]2O)[C@@H](O)[C@H]1O. The Hall–Kier alpha value is -5.31. The first-order valence-electron chi connectivity index (χ1n) is 16.1. The van der Waals surface area contributed by atoms with Crippen molar-refractivity contribution >= 4 is 18.1 Å². The lowest BCUT2D eigenvalue weighted by atomic mass is 9.97. The van der Waals surface area contributed by atoms with Crippen LogP contribution in [-0.2, 0) is 28.5 Å². The van der Waals surface area contributed by atoms with E-state index in [0.717, 1.165) is 12.1 Å². The van der Waals surface area contributed by atoms with Gasteiger partial charge in [-0.1, -0.05) is 6.07 Å². The Kier molecular flexibility index (Phi) is 10.8. The minimum Gasteiger partial charge on any atom is -0.571 e. The van der Waals surface area contributed by atoms with E-state index in [0.29, 0.717) is 5.56 Å². The number of phenols is 6. The maximum atomic E-state index is 12.6. The standard InChI is InChI=1S/C35H36O18/c36-16-9-20(39)17-11-25(32(50-24(17)10-16)15-3-5-19(38)22(41)8-15)51-35-33(53-34-31(47)28(44)23(42)12-49-34)30(46)29(45)26(52-35)13-48-27(43)6-2-14-1-4-18(37)21(40)7-14/h1-11,23,26,28-42,44-47H,12-13H2/p+1/b6-2+/t23-,26-,28+,29+,30+,31-,32?,33-,34+,35-/m1/s1. The summed E-state index contributed by atoms with van der Waals surface area (Å²) in [5, 5.41) is 113. The van der Waals surface area contributed by atoms with Crippen LogP contribution in [0.1, 0.15) is 22.8 Å². The van der Waals surface area contributed by atoms with Gasteiger partial charge >= 0.3 is 5.97 Å². The van der Waals surface area contributed by atoms with Gasteiger partial charge < -0.3 is 84.6 Å². The molecule has 2 saturated heterocycles. The van der Waals surface area contributed by atoms with E-state index in [4.69, 9.17) is 23.7 Å². The van der Waals surface area contributed by atoms with Gasteiger partial charge in [-0.15, -0.1) is 0 Å². The van der Waals surface area contributed by atoms with Crippen molar-refractivity contribution in [3.8, 4) is 40.2 Å². The van der Waals surface area contributed by atoms with Gasteiger partial charge in [0.05, 0.1) is 18.2 Å². The number of rotatable bonds is 9. The van der Waals surface area contributed by atoms with Gasteiger partial charge in [0.15, 0.2) is 41.2 Å². The van der Waals surface area contributed by atoms with Gasteiger partial charge in [0.25, 0.3) is 11.9 Å². The van der Waals surface area contributed by atoms with E-state index in [1.54, 1.807) is 0 Å². The normalized spacial score (nSPS) is 29.9. The molecule has 3 aromatic carbocycles. The Balaban J connectivity index is 1.30. The first-order valence-corrected chi connectivity index (χ1v) is 16.1.